The molecule has 1 aromatic rings. The molecule has 0 aliphatic carbocycles. The van der Waals surface area contributed by atoms with Crippen molar-refractivity contribution in [3.63, 3.8) is 0 Å². The van der Waals surface area contributed by atoms with Crippen molar-refractivity contribution in [2.75, 3.05) is 30.9 Å². The molecule has 0 fully saturated rings. The monoisotopic (exact) mass is 250 g/mol. The third-order valence-corrected chi connectivity index (χ3v) is 2.77. The lowest BCUT2D eigenvalue weighted by Crippen LogP contribution is -2.29. The van der Waals surface area contributed by atoms with Crippen LogP contribution in [-0.2, 0) is 4.79 Å². The fourth-order valence-electron chi connectivity index (χ4n) is 1.67. The molecule has 0 aromatic carbocycles. The molecule has 100 valence electrons. The van der Waals surface area contributed by atoms with E-state index in [1.807, 2.05) is 38.1 Å². The van der Waals surface area contributed by atoms with E-state index < -0.39 is 0 Å². The van der Waals surface area contributed by atoms with Gasteiger partial charge in [0.1, 0.15) is 5.82 Å². The Kier molecular flexibility index (Phi) is 5.58. The average molecular weight is 250 g/mol. The second-order valence-corrected chi connectivity index (χ2v) is 4.51. The van der Waals surface area contributed by atoms with Crippen LogP contribution in [0.4, 0.5) is 11.5 Å². The second-order valence-electron chi connectivity index (χ2n) is 4.51. The van der Waals surface area contributed by atoms with Crippen molar-refractivity contribution in [1.82, 2.24) is 4.98 Å². The minimum Gasteiger partial charge on any atom is -0.363 e. The molecule has 0 spiro atoms. The van der Waals surface area contributed by atoms with Crippen LogP contribution in [0.1, 0.15) is 19.8 Å². The van der Waals surface area contributed by atoms with Gasteiger partial charge in [0, 0.05) is 20.6 Å². The van der Waals surface area contributed by atoms with E-state index >= 15 is 0 Å². The van der Waals surface area contributed by atoms with E-state index in [-0.39, 0.29) is 11.8 Å². The first kappa shape index (κ1) is 14.4. The highest BCUT2D eigenvalue weighted by atomic mass is 16.1. The summed E-state index contributed by atoms with van der Waals surface area (Å²) in [5.74, 6) is 0.708. The van der Waals surface area contributed by atoms with Gasteiger partial charge in [0.2, 0.25) is 5.91 Å². The Bertz CT molecular complexity index is 375. The lowest BCUT2D eigenvalue weighted by Gasteiger charge is -2.15. The first-order chi connectivity index (χ1) is 8.58. The van der Waals surface area contributed by atoms with E-state index in [0.29, 0.717) is 12.2 Å². The molecule has 1 unspecified atom stereocenters. The number of carbonyl (C=O) groups excluding carboxylic acids is 1. The fraction of sp³-hybridized carbons (Fsp3) is 0.538. The summed E-state index contributed by atoms with van der Waals surface area (Å²) < 4.78 is 0. The third kappa shape index (κ3) is 4.00. The zero-order valence-electron chi connectivity index (χ0n) is 11.3. The number of anilines is 2. The van der Waals surface area contributed by atoms with E-state index in [9.17, 15) is 4.79 Å². The number of hydrogen-bond acceptors (Lipinski definition) is 4. The minimum atomic E-state index is -0.122. The van der Waals surface area contributed by atoms with Crippen molar-refractivity contribution in [3.05, 3.63) is 18.3 Å². The molecular formula is C13H22N4O. The smallest absolute Gasteiger partial charge is 0.228 e. The summed E-state index contributed by atoms with van der Waals surface area (Å²) in [6.45, 7) is 2.42. The van der Waals surface area contributed by atoms with E-state index in [4.69, 9.17) is 5.73 Å². The van der Waals surface area contributed by atoms with E-state index in [0.717, 1.165) is 18.7 Å². The maximum absolute atomic E-state index is 11.9. The van der Waals surface area contributed by atoms with Crippen LogP contribution in [0.15, 0.2) is 18.3 Å². The SMILES string of the molecule is CCCC(CN)C(=O)Nc1ccc(N(C)C)nc1. The third-order valence-electron chi connectivity index (χ3n) is 2.77. The van der Waals surface area contributed by atoms with Crippen molar-refractivity contribution < 1.29 is 4.79 Å². The van der Waals surface area contributed by atoms with Gasteiger partial charge in [-0.3, -0.25) is 4.79 Å². The number of carbonyl (C=O) groups is 1. The van der Waals surface area contributed by atoms with E-state index in [1.54, 1.807) is 6.20 Å². The normalized spacial score (nSPS) is 12.0. The predicted molar refractivity (Wildman–Crippen MR) is 74.6 cm³/mol. The summed E-state index contributed by atoms with van der Waals surface area (Å²) in [5, 5.41) is 2.84. The zero-order chi connectivity index (χ0) is 13.5. The van der Waals surface area contributed by atoms with Gasteiger partial charge in [0.25, 0.3) is 0 Å². The molecule has 0 saturated heterocycles. The van der Waals surface area contributed by atoms with Crippen LogP contribution in [0, 0.1) is 5.92 Å². The van der Waals surface area contributed by atoms with Crippen LogP contribution < -0.4 is 16.0 Å². The summed E-state index contributed by atoms with van der Waals surface area (Å²) >= 11 is 0. The maximum atomic E-state index is 11.9. The van der Waals surface area contributed by atoms with Crippen LogP contribution in [0.5, 0.6) is 0 Å². The first-order valence-electron chi connectivity index (χ1n) is 6.22. The first-order valence-corrected chi connectivity index (χ1v) is 6.22. The maximum Gasteiger partial charge on any atom is 0.228 e. The van der Waals surface area contributed by atoms with Crippen LogP contribution in [-0.4, -0.2) is 31.5 Å². The molecule has 0 radical (unpaired) electrons. The summed E-state index contributed by atoms with van der Waals surface area (Å²) in [5.41, 5.74) is 6.30. The highest BCUT2D eigenvalue weighted by Crippen LogP contribution is 2.14. The largest absolute Gasteiger partial charge is 0.363 e. The van der Waals surface area contributed by atoms with Crippen molar-refractivity contribution in [2.45, 2.75) is 19.8 Å². The highest BCUT2D eigenvalue weighted by Gasteiger charge is 2.15. The molecule has 1 amide bonds. The molecule has 0 aliphatic rings. The standard InChI is InChI=1S/C13H22N4O/c1-4-5-10(8-14)13(18)16-11-6-7-12(15-9-11)17(2)3/h6-7,9-10H,4-5,8,14H2,1-3H3,(H,16,18). The molecule has 1 atom stereocenters. The van der Waals surface area contributed by atoms with E-state index in [2.05, 4.69) is 10.3 Å². The summed E-state index contributed by atoms with van der Waals surface area (Å²) in [4.78, 5) is 18.1. The van der Waals surface area contributed by atoms with Crippen molar-refractivity contribution in [2.24, 2.45) is 11.7 Å². The Balaban J connectivity index is 2.63. The topological polar surface area (TPSA) is 71.2 Å². The molecular weight excluding hydrogens is 228 g/mol. The zero-order valence-corrected chi connectivity index (χ0v) is 11.3. The highest BCUT2D eigenvalue weighted by molar-refractivity contribution is 5.92. The van der Waals surface area contributed by atoms with Gasteiger partial charge in [0.15, 0.2) is 0 Å². The average Bonchev–Trinajstić information content (AvgIpc) is 2.36. The van der Waals surface area contributed by atoms with Crippen molar-refractivity contribution in [3.8, 4) is 0 Å². The van der Waals surface area contributed by atoms with Crippen molar-refractivity contribution in [1.29, 1.82) is 0 Å². The molecule has 5 nitrogen and oxygen atoms in total. The van der Waals surface area contributed by atoms with Gasteiger partial charge in [-0.2, -0.15) is 0 Å². The summed E-state index contributed by atoms with van der Waals surface area (Å²) in [7, 11) is 3.85. The molecule has 1 aromatic heterocycles. The molecule has 1 rings (SSSR count). The molecule has 0 bridgehead atoms. The number of nitrogens with zero attached hydrogens (tertiary/aromatic N) is 2. The van der Waals surface area contributed by atoms with Gasteiger partial charge in [-0.05, 0) is 18.6 Å². The number of hydrogen-bond donors (Lipinski definition) is 2. The van der Waals surface area contributed by atoms with Crippen LogP contribution >= 0.6 is 0 Å². The van der Waals surface area contributed by atoms with E-state index in [1.165, 1.54) is 0 Å². The molecule has 3 N–H and O–H groups in total. The molecule has 5 heteroatoms. The van der Waals surface area contributed by atoms with Gasteiger partial charge in [-0.25, -0.2) is 4.98 Å². The predicted octanol–water partition coefficient (Wildman–Crippen LogP) is 1.46. The Morgan fingerprint density at radius 2 is 2.22 bits per heavy atom. The van der Waals surface area contributed by atoms with Gasteiger partial charge in [0.05, 0.1) is 17.8 Å². The van der Waals surface area contributed by atoms with Crippen LogP contribution in [0.2, 0.25) is 0 Å². The number of nitrogens with one attached hydrogen (secondary N) is 1. The lowest BCUT2D eigenvalue weighted by atomic mass is 10.0. The van der Waals surface area contributed by atoms with Gasteiger partial charge in [-0.1, -0.05) is 13.3 Å². The van der Waals surface area contributed by atoms with Crippen molar-refractivity contribution >= 4 is 17.4 Å². The number of rotatable bonds is 6. The Hall–Kier alpha value is -1.62. The Morgan fingerprint density at radius 3 is 2.67 bits per heavy atom. The molecule has 0 aliphatic heterocycles. The van der Waals surface area contributed by atoms with Gasteiger partial charge >= 0.3 is 0 Å². The number of pyridine rings is 1. The molecule has 1 heterocycles. The van der Waals surface area contributed by atoms with Crippen LogP contribution in [0.3, 0.4) is 0 Å². The quantitative estimate of drug-likeness (QED) is 0.802. The number of aromatic nitrogens is 1. The number of nitrogens with two attached hydrogens (primary N) is 1. The summed E-state index contributed by atoms with van der Waals surface area (Å²) in [6, 6.07) is 3.71. The summed E-state index contributed by atoms with van der Waals surface area (Å²) in [6.07, 6.45) is 3.42. The second kappa shape index (κ2) is 6.96. The minimum absolute atomic E-state index is 0.0289. The Labute approximate surface area is 108 Å². The number of amides is 1. The van der Waals surface area contributed by atoms with Crippen LogP contribution in [0.25, 0.3) is 0 Å². The van der Waals surface area contributed by atoms with Gasteiger partial charge in [-0.15, -0.1) is 0 Å². The Morgan fingerprint density at radius 1 is 1.50 bits per heavy atom. The molecule has 0 saturated carbocycles. The van der Waals surface area contributed by atoms with Gasteiger partial charge < -0.3 is 16.0 Å². The lowest BCUT2D eigenvalue weighted by molar-refractivity contribution is -0.119. The fourth-order valence-corrected chi connectivity index (χ4v) is 1.67. The molecule has 18 heavy (non-hydrogen) atoms.